The molecule has 0 unspecified atom stereocenters. The Labute approximate surface area is 407 Å². The largest absolute Gasteiger partial charge is 0.423 e. The molecule has 0 aliphatic rings. The van der Waals surface area contributed by atoms with E-state index in [9.17, 15) is 14.4 Å². The van der Waals surface area contributed by atoms with Crippen molar-refractivity contribution >= 4 is 53.2 Å². The molecule has 9 rings (SSSR count). The molecule has 0 aliphatic heterocycles. The quantitative estimate of drug-likeness (QED) is 0.0575. The first-order chi connectivity index (χ1) is 34.4. The average molecular weight is 912 g/mol. The van der Waals surface area contributed by atoms with Gasteiger partial charge in [-0.2, -0.15) is 0 Å². The zero-order chi connectivity index (χ0) is 47.9. The van der Waals surface area contributed by atoms with Crippen LogP contribution in [0.25, 0.3) is 51.6 Å². The number of hydrogen-bond donors (Lipinski definition) is 0. The average Bonchev–Trinajstić information content (AvgIpc) is 3.41. The molecule has 338 valence electrons. The maximum Gasteiger partial charge on any atom is 0.336 e. The van der Waals surface area contributed by atoms with Gasteiger partial charge in [0.05, 0.1) is 0 Å². The lowest BCUT2D eigenvalue weighted by molar-refractivity contribution is -0.129. The number of ether oxygens (including phenoxy) is 3. The lowest BCUT2D eigenvalue weighted by Gasteiger charge is -2.26. The zero-order valence-electron chi connectivity index (χ0n) is 37.9. The zero-order valence-corrected chi connectivity index (χ0v) is 37.9. The smallest absolute Gasteiger partial charge is 0.336 e. The third-order valence-corrected chi connectivity index (χ3v) is 11.2. The van der Waals surface area contributed by atoms with Crippen LogP contribution in [0.4, 0.5) is 17.1 Å². The fraction of sp³-hybridized carbons (Fsp3) is 0. The molecular weight excluding hydrogens is 867 g/mol. The van der Waals surface area contributed by atoms with Gasteiger partial charge in [-0.15, -0.1) is 0 Å². The van der Waals surface area contributed by atoms with Crippen LogP contribution in [0, 0.1) is 0 Å². The summed E-state index contributed by atoms with van der Waals surface area (Å²) in [6.45, 7) is 0. The van der Waals surface area contributed by atoms with Gasteiger partial charge >= 0.3 is 17.9 Å². The van der Waals surface area contributed by atoms with Crippen molar-refractivity contribution in [2.24, 2.45) is 0 Å². The van der Waals surface area contributed by atoms with Crippen molar-refractivity contribution < 1.29 is 28.6 Å². The molecule has 0 radical (unpaired) electrons. The molecule has 0 saturated carbocycles. The number of hydrogen-bond acceptors (Lipinski definition) is 7. The molecule has 9 aromatic rings. The van der Waals surface area contributed by atoms with E-state index in [1.165, 1.54) is 18.2 Å². The third kappa shape index (κ3) is 12.2. The van der Waals surface area contributed by atoms with E-state index >= 15 is 0 Å². The summed E-state index contributed by atoms with van der Waals surface area (Å²) in [6.07, 6.45) is 9.45. The van der Waals surface area contributed by atoms with Gasteiger partial charge in [0.25, 0.3) is 0 Å². The minimum Gasteiger partial charge on any atom is -0.423 e. The highest BCUT2D eigenvalue weighted by Gasteiger charge is 2.15. The number of rotatable bonds is 15. The Morgan fingerprint density at radius 1 is 0.286 bits per heavy atom. The summed E-state index contributed by atoms with van der Waals surface area (Å²) >= 11 is 0. The predicted octanol–water partition coefficient (Wildman–Crippen LogP) is 15.0. The van der Waals surface area contributed by atoms with Gasteiger partial charge in [0, 0.05) is 35.3 Å². The van der Waals surface area contributed by atoms with Crippen LogP contribution in [0.2, 0.25) is 0 Å². The van der Waals surface area contributed by atoms with Crippen molar-refractivity contribution in [1.82, 2.24) is 0 Å². The first-order valence-electron chi connectivity index (χ1n) is 22.7. The van der Waals surface area contributed by atoms with E-state index in [1.807, 2.05) is 182 Å². The maximum atomic E-state index is 12.7. The number of carbonyl (C=O) groups excluding carboxylic acids is 3. The monoisotopic (exact) mass is 911 g/mol. The molecule has 0 N–H and O–H groups in total. The minimum atomic E-state index is -0.463. The Morgan fingerprint density at radius 3 is 0.829 bits per heavy atom. The van der Waals surface area contributed by atoms with E-state index in [1.54, 1.807) is 36.4 Å². The second kappa shape index (κ2) is 22.3. The Kier molecular flexibility index (Phi) is 14.5. The van der Waals surface area contributed by atoms with Gasteiger partial charge in [0.2, 0.25) is 0 Å². The summed E-state index contributed by atoms with van der Waals surface area (Å²) < 4.78 is 17.0. The Bertz CT molecular complexity index is 2950. The summed E-state index contributed by atoms with van der Waals surface area (Å²) in [5, 5.41) is 0. The molecule has 70 heavy (non-hydrogen) atoms. The highest BCUT2D eigenvalue weighted by atomic mass is 16.5. The van der Waals surface area contributed by atoms with Gasteiger partial charge in [0.1, 0.15) is 17.2 Å². The first-order valence-corrected chi connectivity index (χ1v) is 22.7. The standard InChI is InChI=1S/C63H45NO6/c65-61(40-25-46-13-4-1-5-14-46)68-58-22-10-19-52(43-58)49-28-34-55(35-29-49)64(56-36-30-50(31-37-56)53-20-11-23-59(44-53)69-62(66)41-26-47-15-6-2-7-16-47)57-38-32-51(33-39-57)54-21-12-24-60(45-54)70-63(67)42-27-48-17-8-3-9-18-48/h1-45H. The van der Waals surface area contributed by atoms with Crippen molar-refractivity contribution in [3.63, 3.8) is 0 Å². The highest BCUT2D eigenvalue weighted by molar-refractivity contribution is 5.91. The topological polar surface area (TPSA) is 82.1 Å². The summed E-state index contributed by atoms with van der Waals surface area (Å²) in [7, 11) is 0. The lowest BCUT2D eigenvalue weighted by atomic mass is 10.0. The molecule has 0 bridgehead atoms. The summed E-state index contributed by atoms with van der Waals surface area (Å²) in [6, 6.07) is 75.8. The number of nitrogens with zero attached hydrogens (tertiary/aromatic N) is 1. The second-order valence-corrected chi connectivity index (χ2v) is 16.1. The van der Waals surface area contributed by atoms with E-state index in [0.29, 0.717) is 17.2 Å². The van der Waals surface area contributed by atoms with Gasteiger partial charge in [0.15, 0.2) is 0 Å². The molecule has 0 spiro atoms. The van der Waals surface area contributed by atoms with Gasteiger partial charge in [-0.05, 0) is 141 Å². The molecule has 0 heterocycles. The Morgan fingerprint density at radius 2 is 0.557 bits per heavy atom. The molecular formula is C63H45NO6. The summed E-state index contributed by atoms with van der Waals surface area (Å²) in [5.41, 5.74) is 11.0. The van der Waals surface area contributed by atoms with Crippen LogP contribution in [0.15, 0.2) is 255 Å². The number of anilines is 3. The van der Waals surface area contributed by atoms with E-state index < -0.39 is 17.9 Å². The molecule has 0 fully saturated rings. The van der Waals surface area contributed by atoms with Gasteiger partial charge in [-0.25, -0.2) is 14.4 Å². The van der Waals surface area contributed by atoms with E-state index in [0.717, 1.165) is 67.1 Å². The molecule has 0 atom stereocenters. The molecule has 0 aromatic heterocycles. The summed E-state index contributed by atoms with van der Waals surface area (Å²) in [5.74, 6) is -0.0597. The highest BCUT2D eigenvalue weighted by Crippen LogP contribution is 2.38. The van der Waals surface area contributed by atoms with Crippen LogP contribution in [-0.2, 0) is 14.4 Å². The first kappa shape index (κ1) is 45.6. The van der Waals surface area contributed by atoms with Crippen LogP contribution in [0.1, 0.15) is 16.7 Å². The molecule has 0 amide bonds. The number of benzene rings is 9. The van der Waals surface area contributed by atoms with Crippen LogP contribution in [-0.4, -0.2) is 17.9 Å². The Balaban J connectivity index is 0.961. The predicted molar refractivity (Wildman–Crippen MR) is 281 cm³/mol. The fourth-order valence-electron chi connectivity index (χ4n) is 7.71. The molecule has 7 nitrogen and oxygen atoms in total. The molecule has 0 aliphatic carbocycles. The van der Waals surface area contributed by atoms with E-state index in [4.69, 9.17) is 14.2 Å². The van der Waals surface area contributed by atoms with E-state index in [-0.39, 0.29) is 0 Å². The van der Waals surface area contributed by atoms with Gasteiger partial charge in [-0.1, -0.05) is 164 Å². The SMILES string of the molecule is O=C(C=Cc1ccccc1)Oc1cccc(-c2ccc(N(c3ccc(-c4cccc(OC(=O)C=Cc5ccccc5)c4)cc3)c3ccc(-c4cccc(OC(=O)C=Cc5ccccc5)c4)cc3)cc2)c1. The normalized spacial score (nSPS) is 11.1. The van der Waals surface area contributed by atoms with Crippen LogP contribution >= 0.6 is 0 Å². The van der Waals surface area contributed by atoms with Crippen molar-refractivity contribution in [1.29, 1.82) is 0 Å². The van der Waals surface area contributed by atoms with Crippen molar-refractivity contribution in [3.05, 3.63) is 272 Å². The van der Waals surface area contributed by atoms with Crippen LogP contribution in [0.5, 0.6) is 17.2 Å². The third-order valence-electron chi connectivity index (χ3n) is 11.2. The molecule has 0 saturated heterocycles. The minimum absolute atomic E-state index is 0.443. The van der Waals surface area contributed by atoms with E-state index in [2.05, 4.69) is 41.3 Å². The van der Waals surface area contributed by atoms with Crippen LogP contribution < -0.4 is 19.1 Å². The number of esters is 3. The number of carbonyl (C=O) groups is 3. The fourth-order valence-corrected chi connectivity index (χ4v) is 7.71. The Hall–Kier alpha value is -9.59. The second-order valence-electron chi connectivity index (χ2n) is 16.1. The van der Waals surface area contributed by atoms with Crippen molar-refractivity contribution in [2.45, 2.75) is 0 Å². The van der Waals surface area contributed by atoms with Crippen LogP contribution in [0.3, 0.4) is 0 Å². The lowest BCUT2D eigenvalue weighted by Crippen LogP contribution is -2.09. The summed E-state index contributed by atoms with van der Waals surface area (Å²) in [4.78, 5) is 40.3. The van der Waals surface area contributed by atoms with Crippen molar-refractivity contribution in [3.8, 4) is 50.6 Å². The molecule has 7 heteroatoms. The van der Waals surface area contributed by atoms with Crippen molar-refractivity contribution in [2.75, 3.05) is 4.90 Å². The maximum absolute atomic E-state index is 12.7. The van der Waals surface area contributed by atoms with Gasteiger partial charge in [-0.3, -0.25) is 0 Å². The van der Waals surface area contributed by atoms with Gasteiger partial charge < -0.3 is 19.1 Å². The molecule has 9 aromatic carbocycles.